The van der Waals surface area contributed by atoms with E-state index in [-0.39, 0.29) is 11.6 Å². The lowest BCUT2D eigenvalue weighted by Crippen LogP contribution is -2.52. The van der Waals surface area contributed by atoms with E-state index < -0.39 is 0 Å². The van der Waals surface area contributed by atoms with Crippen molar-refractivity contribution in [3.63, 3.8) is 0 Å². The number of nitrogens with zero attached hydrogens (tertiary/aromatic N) is 2. The van der Waals surface area contributed by atoms with E-state index in [2.05, 4.69) is 60.1 Å². The number of rotatable bonds is 7. The van der Waals surface area contributed by atoms with Gasteiger partial charge in [-0.1, -0.05) is 43.2 Å². The highest BCUT2D eigenvalue weighted by atomic mass is 16.2. The minimum atomic E-state index is -0.323. The Kier molecular flexibility index (Phi) is 7.96. The highest BCUT2D eigenvalue weighted by Gasteiger charge is 2.35. The summed E-state index contributed by atoms with van der Waals surface area (Å²) in [4.78, 5) is 18.0. The predicted octanol–water partition coefficient (Wildman–Crippen LogP) is 2.75. The number of hydrogen-bond acceptors (Lipinski definition) is 3. The maximum absolute atomic E-state index is 11.3. The molecule has 2 amide bonds. The third-order valence-electron chi connectivity index (χ3n) is 6.41. The first kappa shape index (κ1) is 22.4. The van der Waals surface area contributed by atoms with Crippen LogP contribution in [-0.2, 0) is 0 Å². The molecule has 5 N–H and O–H groups in total. The van der Waals surface area contributed by atoms with Crippen molar-refractivity contribution in [1.82, 2.24) is 20.9 Å². The molecule has 166 valence electrons. The van der Waals surface area contributed by atoms with Crippen LogP contribution in [0.1, 0.15) is 64.0 Å². The first-order valence-corrected chi connectivity index (χ1v) is 11.4. The zero-order valence-electron chi connectivity index (χ0n) is 18.5. The van der Waals surface area contributed by atoms with E-state index in [9.17, 15) is 4.79 Å². The molecule has 7 heteroatoms. The number of likely N-dealkylation sites (tertiary alicyclic amines) is 1. The van der Waals surface area contributed by atoms with Crippen LogP contribution in [0, 0.1) is 0 Å². The number of amides is 2. The monoisotopic (exact) mass is 414 g/mol. The number of primary amides is 1. The van der Waals surface area contributed by atoms with Gasteiger partial charge in [0.1, 0.15) is 0 Å². The van der Waals surface area contributed by atoms with Crippen LogP contribution in [0.5, 0.6) is 0 Å². The molecule has 2 aliphatic rings. The zero-order chi connectivity index (χ0) is 21.4. The summed E-state index contributed by atoms with van der Waals surface area (Å²) in [6.45, 7) is 7.33. The van der Waals surface area contributed by atoms with E-state index in [1.165, 1.54) is 18.4 Å². The molecule has 2 fully saturated rings. The molecule has 3 rings (SSSR count). The van der Waals surface area contributed by atoms with E-state index in [1.54, 1.807) is 4.90 Å². The molecule has 1 aromatic carbocycles. The number of carbonyl (C=O) groups is 1. The fourth-order valence-electron chi connectivity index (χ4n) is 4.67. The van der Waals surface area contributed by atoms with Crippen molar-refractivity contribution >= 4 is 12.0 Å². The van der Waals surface area contributed by atoms with Crippen LogP contribution in [0.25, 0.3) is 0 Å². The number of guanidine groups is 1. The van der Waals surface area contributed by atoms with Crippen molar-refractivity contribution in [2.45, 2.75) is 70.0 Å². The van der Waals surface area contributed by atoms with Gasteiger partial charge in [0.05, 0.1) is 6.54 Å². The molecule has 30 heavy (non-hydrogen) atoms. The summed E-state index contributed by atoms with van der Waals surface area (Å²) < 4.78 is 0. The van der Waals surface area contributed by atoms with Crippen LogP contribution < -0.4 is 21.7 Å². The summed E-state index contributed by atoms with van der Waals surface area (Å²) in [6.07, 6.45) is 6.59. The normalized spacial score (nSPS) is 20.7. The van der Waals surface area contributed by atoms with Gasteiger partial charge in [0.25, 0.3) is 0 Å². The number of carbonyl (C=O) groups excluding carboxylic acids is 1. The van der Waals surface area contributed by atoms with Gasteiger partial charge in [-0.25, -0.2) is 4.79 Å². The molecular weight excluding hydrogens is 376 g/mol. The standard InChI is InChI=1S/C23H38N6O/c1-3-25-22(27-20-11-15-29(16-12-20)21(24)30)26-17-23(13-7-8-14-23)28-18(2)19-9-5-4-6-10-19/h4-6,9-10,18,20,28H,3,7-8,11-17H2,1-2H3,(H2,24,30)(H2,25,26,27). The number of piperidine rings is 1. The molecule has 1 unspecified atom stereocenters. The molecule has 7 nitrogen and oxygen atoms in total. The average Bonchev–Trinajstić information content (AvgIpc) is 3.22. The molecule has 1 saturated carbocycles. The summed E-state index contributed by atoms with van der Waals surface area (Å²) in [5.74, 6) is 0.871. The third kappa shape index (κ3) is 6.11. The molecule has 0 aromatic heterocycles. The van der Waals surface area contributed by atoms with Gasteiger partial charge in [0, 0.05) is 37.3 Å². The molecule has 1 atom stereocenters. The van der Waals surface area contributed by atoms with Crippen LogP contribution in [0.3, 0.4) is 0 Å². The number of nitrogens with two attached hydrogens (primary N) is 1. The quantitative estimate of drug-likeness (QED) is 0.408. The summed E-state index contributed by atoms with van der Waals surface area (Å²) in [6, 6.07) is 10.9. The molecular formula is C23H38N6O. The lowest BCUT2D eigenvalue weighted by molar-refractivity contribution is 0.188. The van der Waals surface area contributed by atoms with Crippen molar-refractivity contribution < 1.29 is 4.79 Å². The van der Waals surface area contributed by atoms with Gasteiger partial charge in [-0.15, -0.1) is 0 Å². The Balaban J connectivity index is 1.61. The molecule has 1 saturated heterocycles. The third-order valence-corrected chi connectivity index (χ3v) is 6.41. The second-order valence-corrected chi connectivity index (χ2v) is 8.70. The largest absolute Gasteiger partial charge is 0.357 e. The Labute approximate surface area is 180 Å². The van der Waals surface area contributed by atoms with Gasteiger partial charge in [-0.05, 0) is 45.1 Å². The molecule has 1 aliphatic heterocycles. The zero-order valence-corrected chi connectivity index (χ0v) is 18.5. The first-order chi connectivity index (χ1) is 14.5. The van der Waals surface area contributed by atoms with Gasteiger partial charge in [-0.2, -0.15) is 0 Å². The lowest BCUT2D eigenvalue weighted by Gasteiger charge is -2.34. The summed E-state index contributed by atoms with van der Waals surface area (Å²) >= 11 is 0. The van der Waals surface area contributed by atoms with Crippen molar-refractivity contribution in [2.24, 2.45) is 10.7 Å². The van der Waals surface area contributed by atoms with Crippen LogP contribution >= 0.6 is 0 Å². The second kappa shape index (κ2) is 10.7. The minimum Gasteiger partial charge on any atom is -0.357 e. The Morgan fingerprint density at radius 2 is 1.90 bits per heavy atom. The number of hydrogen-bond donors (Lipinski definition) is 4. The van der Waals surface area contributed by atoms with Gasteiger partial charge in [-0.3, -0.25) is 4.99 Å². The van der Waals surface area contributed by atoms with Crippen LogP contribution in [0.15, 0.2) is 35.3 Å². The van der Waals surface area contributed by atoms with Crippen LogP contribution in [0.4, 0.5) is 4.79 Å². The minimum absolute atomic E-state index is 0.0486. The van der Waals surface area contributed by atoms with E-state index in [0.29, 0.717) is 25.2 Å². The molecule has 1 heterocycles. The maximum atomic E-state index is 11.3. The fraction of sp³-hybridized carbons (Fsp3) is 0.652. The summed E-state index contributed by atoms with van der Waals surface area (Å²) in [7, 11) is 0. The number of nitrogens with one attached hydrogen (secondary N) is 3. The van der Waals surface area contributed by atoms with E-state index >= 15 is 0 Å². The first-order valence-electron chi connectivity index (χ1n) is 11.4. The Morgan fingerprint density at radius 1 is 1.23 bits per heavy atom. The molecule has 0 radical (unpaired) electrons. The van der Waals surface area contributed by atoms with E-state index in [4.69, 9.17) is 10.7 Å². The van der Waals surface area contributed by atoms with Crippen molar-refractivity contribution in [3.05, 3.63) is 35.9 Å². The Bertz CT molecular complexity index is 693. The fourth-order valence-corrected chi connectivity index (χ4v) is 4.67. The molecule has 1 aliphatic carbocycles. The molecule has 1 aromatic rings. The number of benzene rings is 1. The van der Waals surface area contributed by atoms with Crippen molar-refractivity contribution in [1.29, 1.82) is 0 Å². The maximum Gasteiger partial charge on any atom is 0.314 e. The number of aliphatic imine (C=N–C) groups is 1. The van der Waals surface area contributed by atoms with E-state index in [0.717, 1.165) is 44.7 Å². The topological polar surface area (TPSA) is 94.8 Å². The van der Waals surface area contributed by atoms with Gasteiger partial charge < -0.3 is 26.6 Å². The Morgan fingerprint density at radius 3 is 2.50 bits per heavy atom. The van der Waals surface area contributed by atoms with Crippen LogP contribution in [-0.4, -0.2) is 54.7 Å². The highest BCUT2D eigenvalue weighted by molar-refractivity contribution is 5.80. The van der Waals surface area contributed by atoms with Gasteiger partial charge in [0.15, 0.2) is 5.96 Å². The van der Waals surface area contributed by atoms with Gasteiger partial charge >= 0.3 is 6.03 Å². The van der Waals surface area contributed by atoms with Crippen molar-refractivity contribution in [3.8, 4) is 0 Å². The average molecular weight is 415 g/mol. The van der Waals surface area contributed by atoms with Crippen LogP contribution in [0.2, 0.25) is 0 Å². The highest BCUT2D eigenvalue weighted by Crippen LogP contribution is 2.32. The lowest BCUT2D eigenvalue weighted by atomic mass is 9.95. The molecule has 0 spiro atoms. The number of urea groups is 1. The SMILES string of the molecule is CCNC(=NCC1(NC(C)c2ccccc2)CCCC1)NC1CCN(C(N)=O)CC1. The Hall–Kier alpha value is -2.28. The second-order valence-electron chi connectivity index (χ2n) is 8.70. The van der Waals surface area contributed by atoms with Gasteiger partial charge in [0.2, 0.25) is 0 Å². The molecule has 0 bridgehead atoms. The smallest absolute Gasteiger partial charge is 0.314 e. The predicted molar refractivity (Wildman–Crippen MR) is 122 cm³/mol. The summed E-state index contributed by atoms with van der Waals surface area (Å²) in [5, 5.41) is 10.9. The van der Waals surface area contributed by atoms with E-state index in [1.807, 2.05) is 0 Å². The summed E-state index contributed by atoms with van der Waals surface area (Å²) in [5.41, 5.74) is 6.77. The van der Waals surface area contributed by atoms with Crippen molar-refractivity contribution in [2.75, 3.05) is 26.2 Å².